The Balaban J connectivity index is 1.45. The van der Waals surface area contributed by atoms with Crippen molar-refractivity contribution in [3.05, 3.63) is 46.3 Å². The number of halogens is 4. The lowest BCUT2D eigenvalue weighted by Crippen LogP contribution is -2.56. The second-order valence-electron chi connectivity index (χ2n) is 8.94. The van der Waals surface area contributed by atoms with Gasteiger partial charge in [-0.1, -0.05) is 0 Å². The van der Waals surface area contributed by atoms with Crippen LogP contribution in [0.3, 0.4) is 0 Å². The number of rotatable bonds is 3. The molecule has 4 atom stereocenters. The average molecular weight is 478 g/mol. The van der Waals surface area contributed by atoms with Crippen LogP contribution in [0.15, 0.2) is 39.5 Å². The van der Waals surface area contributed by atoms with Crippen LogP contribution in [0.5, 0.6) is 5.75 Å². The van der Waals surface area contributed by atoms with Crippen molar-refractivity contribution in [1.29, 1.82) is 0 Å². The molecule has 2 fully saturated rings. The molecule has 0 aliphatic carbocycles. The first-order valence-corrected chi connectivity index (χ1v) is 10.9. The van der Waals surface area contributed by atoms with Crippen LogP contribution in [0.25, 0.3) is 22.2 Å². The van der Waals surface area contributed by atoms with Gasteiger partial charge in [-0.25, -0.2) is 4.39 Å². The largest absolute Gasteiger partial charge is 0.507 e. The third-order valence-electron chi connectivity index (χ3n) is 7.05. The van der Waals surface area contributed by atoms with Crippen LogP contribution in [-0.2, 0) is 6.18 Å². The van der Waals surface area contributed by atoms with Crippen LogP contribution in [-0.4, -0.2) is 58.6 Å². The summed E-state index contributed by atoms with van der Waals surface area (Å²) in [4.78, 5) is 15.9. The lowest BCUT2D eigenvalue weighted by molar-refractivity contribution is -0.152. The molecule has 0 spiro atoms. The fraction of sp³-hybridized carbons (Fsp3) is 0.435. The van der Waals surface area contributed by atoms with Gasteiger partial charge in [0.25, 0.3) is 0 Å². The number of hydrogen-bond donors (Lipinski definition) is 1. The summed E-state index contributed by atoms with van der Waals surface area (Å²) in [6.45, 7) is 0. The normalized spacial score (nSPS) is 25.1. The standard InChI is InChI=1S/C23H22F4N4O3/c1-30-11-3-5-15(30)22(24)16(7-11)31(2)21-6-4-14(28-29-21)12-9-19-13(8-17(12)32)18(33)10-20(34-19)23(25,26)27/h4,6,8-11,15-16,22,32H,3,5,7H2,1-2H3/t11-,15+,16-,22+/m0/s1. The highest BCUT2D eigenvalue weighted by molar-refractivity contribution is 5.85. The molecule has 2 aliphatic rings. The number of aromatic hydroxyl groups is 1. The van der Waals surface area contributed by atoms with Crippen LogP contribution < -0.4 is 10.3 Å². The summed E-state index contributed by atoms with van der Waals surface area (Å²) < 4.78 is 59.1. The van der Waals surface area contributed by atoms with E-state index in [0.29, 0.717) is 24.3 Å². The summed E-state index contributed by atoms with van der Waals surface area (Å²) in [5, 5.41) is 18.5. The van der Waals surface area contributed by atoms with E-state index >= 15 is 4.39 Å². The van der Waals surface area contributed by atoms with Crippen LogP contribution in [0.4, 0.5) is 23.4 Å². The van der Waals surface area contributed by atoms with Gasteiger partial charge in [0.05, 0.1) is 17.1 Å². The molecule has 0 unspecified atom stereocenters. The molecule has 1 aromatic carbocycles. The van der Waals surface area contributed by atoms with Gasteiger partial charge in [0, 0.05) is 30.8 Å². The summed E-state index contributed by atoms with van der Waals surface area (Å²) in [6, 6.07) is 5.51. The fourth-order valence-electron chi connectivity index (χ4n) is 5.11. The molecule has 34 heavy (non-hydrogen) atoms. The lowest BCUT2D eigenvalue weighted by atomic mass is 9.95. The van der Waals surface area contributed by atoms with Crippen molar-refractivity contribution in [3.8, 4) is 17.0 Å². The molecule has 5 rings (SSSR count). The second kappa shape index (κ2) is 7.93. The summed E-state index contributed by atoms with van der Waals surface area (Å²) in [6.07, 6.45) is -3.42. The van der Waals surface area contributed by atoms with Crippen LogP contribution in [0.2, 0.25) is 0 Å². The minimum Gasteiger partial charge on any atom is -0.507 e. The predicted octanol–water partition coefficient (Wildman–Crippen LogP) is 3.98. The molecule has 0 saturated carbocycles. The molecule has 4 heterocycles. The fourth-order valence-corrected chi connectivity index (χ4v) is 5.11. The van der Waals surface area contributed by atoms with Gasteiger partial charge in [0.15, 0.2) is 11.2 Å². The maximum absolute atomic E-state index is 15.1. The Morgan fingerprint density at radius 1 is 1.18 bits per heavy atom. The average Bonchev–Trinajstić information content (AvgIpc) is 3.05. The van der Waals surface area contributed by atoms with Crippen LogP contribution >= 0.6 is 0 Å². The maximum Gasteiger partial charge on any atom is 0.449 e. The zero-order chi connectivity index (χ0) is 24.4. The van der Waals surface area contributed by atoms with Gasteiger partial charge < -0.3 is 14.4 Å². The summed E-state index contributed by atoms with van der Waals surface area (Å²) in [5.74, 6) is -1.35. The van der Waals surface area contributed by atoms with Crippen molar-refractivity contribution in [2.45, 2.75) is 49.7 Å². The van der Waals surface area contributed by atoms with Crippen molar-refractivity contribution in [1.82, 2.24) is 15.1 Å². The highest BCUT2D eigenvalue weighted by Gasteiger charge is 2.47. The Morgan fingerprint density at radius 2 is 1.94 bits per heavy atom. The smallest absolute Gasteiger partial charge is 0.449 e. The van der Waals surface area contributed by atoms with E-state index in [4.69, 9.17) is 4.42 Å². The predicted molar refractivity (Wildman–Crippen MR) is 116 cm³/mol. The van der Waals surface area contributed by atoms with Crippen molar-refractivity contribution < 1.29 is 27.1 Å². The van der Waals surface area contributed by atoms with E-state index in [2.05, 4.69) is 15.1 Å². The van der Waals surface area contributed by atoms with Gasteiger partial charge >= 0.3 is 6.18 Å². The molecule has 2 saturated heterocycles. The maximum atomic E-state index is 15.1. The number of phenols is 1. The van der Waals surface area contributed by atoms with E-state index in [1.165, 1.54) is 6.07 Å². The zero-order valence-electron chi connectivity index (χ0n) is 18.4. The topological polar surface area (TPSA) is 82.7 Å². The van der Waals surface area contributed by atoms with E-state index in [0.717, 1.165) is 25.0 Å². The van der Waals surface area contributed by atoms with Crippen molar-refractivity contribution in [2.24, 2.45) is 0 Å². The van der Waals surface area contributed by atoms with Crippen molar-refractivity contribution in [3.63, 3.8) is 0 Å². The monoisotopic (exact) mass is 478 g/mol. The number of alkyl halides is 4. The Hall–Kier alpha value is -3.21. The summed E-state index contributed by atoms with van der Waals surface area (Å²) >= 11 is 0. The molecule has 2 bridgehead atoms. The number of benzene rings is 1. The molecule has 1 N–H and O–H groups in total. The number of aromatic nitrogens is 2. The molecule has 0 radical (unpaired) electrons. The molecule has 3 aromatic rings. The molecule has 2 aromatic heterocycles. The van der Waals surface area contributed by atoms with Crippen molar-refractivity contribution in [2.75, 3.05) is 19.0 Å². The van der Waals surface area contributed by atoms with Crippen molar-refractivity contribution >= 4 is 16.8 Å². The highest BCUT2D eigenvalue weighted by atomic mass is 19.4. The SMILES string of the molecule is CN(c1ccc(-c2cc3oc(C(F)(F)F)cc(=O)c3cc2O)nn1)[C@H]1C[C@@H]2CC[C@H]([C@H]1F)N2C. The third kappa shape index (κ3) is 3.67. The minimum atomic E-state index is -4.83. The number of phenolic OH excluding ortho intramolecular Hbond substituents is 1. The van der Waals surface area contributed by atoms with Crippen LogP contribution in [0.1, 0.15) is 25.0 Å². The van der Waals surface area contributed by atoms with Gasteiger partial charge in [0.1, 0.15) is 17.5 Å². The number of piperidine rings is 1. The molecular weight excluding hydrogens is 456 g/mol. The van der Waals surface area contributed by atoms with Gasteiger partial charge in [-0.2, -0.15) is 13.2 Å². The number of anilines is 1. The quantitative estimate of drug-likeness (QED) is 0.570. The molecular formula is C23H22F4N4O3. The van der Waals surface area contributed by atoms with Gasteiger partial charge in [-0.05, 0) is 50.6 Å². The number of nitrogens with zero attached hydrogens (tertiary/aromatic N) is 4. The first kappa shape index (κ1) is 22.6. The van der Waals surface area contributed by atoms with Gasteiger partial charge in [0.2, 0.25) is 5.76 Å². The van der Waals surface area contributed by atoms with E-state index < -0.39 is 23.5 Å². The van der Waals surface area contributed by atoms with E-state index in [1.54, 1.807) is 18.0 Å². The summed E-state index contributed by atoms with van der Waals surface area (Å²) in [7, 11) is 3.71. The van der Waals surface area contributed by atoms with E-state index in [-0.39, 0.29) is 40.1 Å². The molecule has 11 heteroatoms. The van der Waals surface area contributed by atoms with E-state index in [1.807, 2.05) is 7.05 Å². The Bertz CT molecular complexity index is 1290. The second-order valence-corrected chi connectivity index (χ2v) is 8.94. The number of hydrogen-bond acceptors (Lipinski definition) is 7. The molecule has 7 nitrogen and oxygen atoms in total. The summed E-state index contributed by atoms with van der Waals surface area (Å²) in [5.41, 5.74) is -1.04. The molecule has 2 aliphatic heterocycles. The number of fused-ring (bicyclic) bond motifs is 3. The minimum absolute atomic E-state index is 0.0531. The molecule has 0 amide bonds. The lowest BCUT2D eigenvalue weighted by Gasteiger charge is -2.43. The zero-order valence-corrected chi connectivity index (χ0v) is 18.4. The third-order valence-corrected chi connectivity index (χ3v) is 7.05. The first-order chi connectivity index (χ1) is 16.0. The van der Waals surface area contributed by atoms with Gasteiger partial charge in [-0.15, -0.1) is 10.2 Å². The highest BCUT2D eigenvalue weighted by Crippen LogP contribution is 2.39. The van der Waals surface area contributed by atoms with Crippen LogP contribution in [0, 0.1) is 0 Å². The Morgan fingerprint density at radius 3 is 2.62 bits per heavy atom. The van der Waals surface area contributed by atoms with Gasteiger partial charge in [-0.3, -0.25) is 9.69 Å². The Kier molecular flexibility index (Phi) is 5.27. The Labute approximate surface area is 191 Å². The molecule has 180 valence electrons. The van der Waals surface area contributed by atoms with E-state index in [9.17, 15) is 23.1 Å². The first-order valence-electron chi connectivity index (χ1n) is 10.9.